The Kier molecular flexibility index (Phi) is 3.43. The summed E-state index contributed by atoms with van der Waals surface area (Å²) < 4.78 is 5.35. The molecule has 3 heteroatoms. The Morgan fingerprint density at radius 2 is 2.14 bits per heavy atom. The second-order valence-electron chi connectivity index (χ2n) is 3.87. The van der Waals surface area contributed by atoms with E-state index in [1.165, 1.54) is 31.4 Å². The second-order valence-corrected chi connectivity index (χ2v) is 4.65. The lowest BCUT2D eigenvalue weighted by Crippen LogP contribution is -2.28. The van der Waals surface area contributed by atoms with Gasteiger partial charge in [0.1, 0.15) is 0 Å². The van der Waals surface area contributed by atoms with Gasteiger partial charge in [-0.05, 0) is 37.1 Å². The van der Waals surface area contributed by atoms with E-state index in [1.54, 1.807) is 11.3 Å². The topological polar surface area (TPSA) is 21.3 Å². The normalized spacial score (nSPS) is 27.5. The van der Waals surface area contributed by atoms with Crippen molar-refractivity contribution in [3.63, 3.8) is 0 Å². The molecule has 14 heavy (non-hydrogen) atoms. The lowest BCUT2D eigenvalue weighted by atomic mass is 9.93. The summed E-state index contributed by atoms with van der Waals surface area (Å²) >= 11 is 1.75. The highest BCUT2D eigenvalue weighted by Crippen LogP contribution is 2.24. The molecule has 1 aliphatic rings. The molecular weight excluding hydrogens is 194 g/mol. The van der Waals surface area contributed by atoms with E-state index in [4.69, 9.17) is 4.74 Å². The van der Waals surface area contributed by atoms with E-state index in [2.05, 4.69) is 22.1 Å². The lowest BCUT2D eigenvalue weighted by Gasteiger charge is -2.28. The van der Waals surface area contributed by atoms with Crippen molar-refractivity contribution in [3.8, 4) is 0 Å². The van der Waals surface area contributed by atoms with E-state index >= 15 is 0 Å². The Morgan fingerprint density at radius 1 is 1.36 bits per heavy atom. The molecule has 0 aliphatic heterocycles. The zero-order valence-electron chi connectivity index (χ0n) is 8.53. The largest absolute Gasteiger partial charge is 0.382 e. The fraction of sp³-hybridized carbons (Fsp3) is 0.636. The van der Waals surface area contributed by atoms with Crippen LogP contribution in [0.4, 0.5) is 5.69 Å². The Labute approximate surface area is 89.3 Å². The number of hydrogen-bond acceptors (Lipinski definition) is 3. The third-order valence-electron chi connectivity index (χ3n) is 2.90. The average molecular weight is 211 g/mol. The van der Waals surface area contributed by atoms with Crippen molar-refractivity contribution in [2.24, 2.45) is 0 Å². The predicted molar refractivity (Wildman–Crippen MR) is 61.0 cm³/mol. The first-order chi connectivity index (χ1) is 6.88. The van der Waals surface area contributed by atoms with Gasteiger partial charge in [0.2, 0.25) is 0 Å². The second kappa shape index (κ2) is 4.80. The number of nitrogens with one attached hydrogen (secondary N) is 1. The first kappa shape index (κ1) is 9.99. The van der Waals surface area contributed by atoms with Crippen LogP contribution in [0.1, 0.15) is 25.7 Å². The van der Waals surface area contributed by atoms with Crippen molar-refractivity contribution in [3.05, 3.63) is 16.8 Å². The van der Waals surface area contributed by atoms with Crippen LogP contribution in [0.2, 0.25) is 0 Å². The quantitative estimate of drug-likeness (QED) is 0.829. The average Bonchev–Trinajstić information content (AvgIpc) is 2.72. The predicted octanol–water partition coefficient (Wildman–Crippen LogP) is 3.12. The Hall–Kier alpha value is -0.540. The third-order valence-corrected chi connectivity index (χ3v) is 3.58. The molecular formula is C11H17NOS. The van der Waals surface area contributed by atoms with Gasteiger partial charge in [0.25, 0.3) is 0 Å². The highest BCUT2D eigenvalue weighted by Gasteiger charge is 2.20. The number of thiophene rings is 1. The highest BCUT2D eigenvalue weighted by molar-refractivity contribution is 7.08. The van der Waals surface area contributed by atoms with E-state index in [9.17, 15) is 0 Å². The Balaban J connectivity index is 1.79. The Morgan fingerprint density at radius 3 is 2.71 bits per heavy atom. The first-order valence-corrected chi connectivity index (χ1v) is 6.14. The van der Waals surface area contributed by atoms with Crippen LogP contribution in [0, 0.1) is 0 Å². The SMILES string of the molecule is COC1CCC(Nc2ccsc2)CC1. The molecule has 1 heterocycles. The molecule has 78 valence electrons. The molecule has 1 N–H and O–H groups in total. The summed E-state index contributed by atoms with van der Waals surface area (Å²) in [5.74, 6) is 0. The van der Waals surface area contributed by atoms with Crippen molar-refractivity contribution in [1.82, 2.24) is 0 Å². The van der Waals surface area contributed by atoms with Gasteiger partial charge in [-0.15, -0.1) is 0 Å². The van der Waals surface area contributed by atoms with Gasteiger partial charge in [0.15, 0.2) is 0 Å². The van der Waals surface area contributed by atoms with Crippen molar-refractivity contribution >= 4 is 17.0 Å². The molecule has 0 spiro atoms. The molecule has 1 aliphatic carbocycles. The van der Waals surface area contributed by atoms with Crippen LogP contribution in [0.3, 0.4) is 0 Å². The molecule has 0 atom stereocenters. The summed E-state index contributed by atoms with van der Waals surface area (Å²) in [5, 5.41) is 7.84. The summed E-state index contributed by atoms with van der Waals surface area (Å²) in [5.41, 5.74) is 1.27. The van der Waals surface area contributed by atoms with Crippen LogP contribution in [-0.4, -0.2) is 19.3 Å². The fourth-order valence-electron chi connectivity index (χ4n) is 2.03. The molecule has 2 nitrogen and oxygen atoms in total. The molecule has 2 rings (SSSR count). The number of hydrogen-bond donors (Lipinski definition) is 1. The molecule has 0 bridgehead atoms. The molecule has 0 unspecified atom stereocenters. The lowest BCUT2D eigenvalue weighted by molar-refractivity contribution is 0.0682. The summed E-state index contributed by atoms with van der Waals surface area (Å²) in [7, 11) is 1.82. The van der Waals surface area contributed by atoms with Crippen molar-refractivity contribution in [2.75, 3.05) is 12.4 Å². The summed E-state index contributed by atoms with van der Waals surface area (Å²) in [6, 6.07) is 2.79. The van der Waals surface area contributed by atoms with E-state index in [-0.39, 0.29) is 0 Å². The van der Waals surface area contributed by atoms with Gasteiger partial charge in [-0.25, -0.2) is 0 Å². The van der Waals surface area contributed by atoms with E-state index in [0.717, 1.165) is 0 Å². The maximum absolute atomic E-state index is 5.35. The van der Waals surface area contributed by atoms with Crippen LogP contribution in [-0.2, 0) is 4.74 Å². The van der Waals surface area contributed by atoms with Crippen molar-refractivity contribution in [1.29, 1.82) is 0 Å². The minimum Gasteiger partial charge on any atom is -0.382 e. The minimum atomic E-state index is 0.496. The van der Waals surface area contributed by atoms with E-state index in [0.29, 0.717) is 12.1 Å². The van der Waals surface area contributed by atoms with Crippen molar-refractivity contribution < 1.29 is 4.74 Å². The summed E-state index contributed by atoms with van der Waals surface area (Å²) in [4.78, 5) is 0. The Bertz CT molecular complexity index is 252. The summed E-state index contributed by atoms with van der Waals surface area (Å²) in [6.07, 6.45) is 5.34. The standard InChI is InChI=1S/C11H17NOS/c1-13-11-4-2-9(3-5-11)12-10-6-7-14-8-10/h6-9,11-12H,2-5H2,1H3. The van der Waals surface area contributed by atoms with Gasteiger partial charge in [0, 0.05) is 24.2 Å². The summed E-state index contributed by atoms with van der Waals surface area (Å²) in [6.45, 7) is 0. The van der Waals surface area contributed by atoms with E-state index < -0.39 is 0 Å². The molecule has 1 saturated carbocycles. The number of anilines is 1. The van der Waals surface area contributed by atoms with E-state index in [1.807, 2.05) is 7.11 Å². The molecule has 1 aromatic heterocycles. The first-order valence-electron chi connectivity index (χ1n) is 5.20. The van der Waals surface area contributed by atoms with Crippen LogP contribution < -0.4 is 5.32 Å². The van der Waals surface area contributed by atoms with Gasteiger partial charge >= 0.3 is 0 Å². The maximum atomic E-state index is 5.35. The molecule has 0 saturated heterocycles. The molecule has 1 fully saturated rings. The molecule has 1 aromatic rings. The van der Waals surface area contributed by atoms with Gasteiger partial charge in [-0.1, -0.05) is 0 Å². The van der Waals surface area contributed by atoms with Gasteiger partial charge < -0.3 is 10.1 Å². The molecule has 0 aromatic carbocycles. The third kappa shape index (κ3) is 2.49. The van der Waals surface area contributed by atoms with Crippen LogP contribution in [0.5, 0.6) is 0 Å². The van der Waals surface area contributed by atoms with Crippen LogP contribution in [0.15, 0.2) is 16.8 Å². The molecule has 0 radical (unpaired) electrons. The maximum Gasteiger partial charge on any atom is 0.0572 e. The zero-order chi connectivity index (χ0) is 9.80. The number of ether oxygens (including phenoxy) is 1. The van der Waals surface area contributed by atoms with Crippen molar-refractivity contribution in [2.45, 2.75) is 37.8 Å². The van der Waals surface area contributed by atoms with Gasteiger partial charge in [-0.2, -0.15) is 11.3 Å². The zero-order valence-corrected chi connectivity index (χ0v) is 9.35. The highest BCUT2D eigenvalue weighted by atomic mass is 32.1. The van der Waals surface area contributed by atoms with Gasteiger partial charge in [0.05, 0.1) is 6.10 Å². The monoisotopic (exact) mass is 211 g/mol. The smallest absolute Gasteiger partial charge is 0.0572 e. The molecule has 0 amide bonds. The number of rotatable bonds is 3. The van der Waals surface area contributed by atoms with Crippen LogP contribution in [0.25, 0.3) is 0 Å². The minimum absolute atomic E-state index is 0.496. The number of methoxy groups -OCH3 is 1. The van der Waals surface area contributed by atoms with Gasteiger partial charge in [-0.3, -0.25) is 0 Å². The van der Waals surface area contributed by atoms with Crippen LogP contribution >= 0.6 is 11.3 Å². The fourth-order valence-corrected chi connectivity index (χ4v) is 2.62.